The van der Waals surface area contributed by atoms with Gasteiger partial charge in [0.25, 0.3) is 0 Å². The Morgan fingerprint density at radius 1 is 1.27 bits per heavy atom. The molecule has 0 atom stereocenters. The highest BCUT2D eigenvalue weighted by Crippen LogP contribution is 2.26. The molecule has 1 fully saturated rings. The largest absolute Gasteiger partial charge is 0.465 e. The van der Waals surface area contributed by atoms with Crippen molar-refractivity contribution in [2.45, 2.75) is 52.0 Å². The topological polar surface area (TPSA) is 88.9 Å². The summed E-state index contributed by atoms with van der Waals surface area (Å²) in [7, 11) is 2.94. The number of amides is 2. The summed E-state index contributed by atoms with van der Waals surface area (Å²) >= 11 is 0. The normalized spacial score (nSPS) is 14.7. The molecule has 0 saturated heterocycles. The van der Waals surface area contributed by atoms with Crippen molar-refractivity contribution in [1.82, 2.24) is 10.2 Å². The summed E-state index contributed by atoms with van der Waals surface area (Å²) in [5, 5.41) is 2.71. The van der Waals surface area contributed by atoms with Gasteiger partial charge in [-0.05, 0) is 31.7 Å². The molecule has 0 bridgehead atoms. The lowest BCUT2D eigenvalue weighted by molar-refractivity contribution is -0.132. The van der Waals surface area contributed by atoms with Gasteiger partial charge in [-0.2, -0.15) is 0 Å². The van der Waals surface area contributed by atoms with E-state index in [-0.39, 0.29) is 24.9 Å². The lowest BCUT2D eigenvalue weighted by Gasteiger charge is -2.21. The number of methoxy groups -OCH3 is 1. The molecule has 26 heavy (non-hydrogen) atoms. The summed E-state index contributed by atoms with van der Waals surface area (Å²) in [4.78, 5) is 37.3. The fourth-order valence-electron chi connectivity index (χ4n) is 3.29. The number of likely N-dealkylation sites (N-methyl/N-ethyl adjacent to an activating group) is 1. The second kappa shape index (κ2) is 9.40. The fraction of sp³-hybridized carbons (Fsp3) is 0.632. The van der Waals surface area contributed by atoms with E-state index in [1.165, 1.54) is 31.3 Å². The van der Waals surface area contributed by atoms with E-state index in [0.29, 0.717) is 29.4 Å². The molecular formula is C19H28N2O5. The van der Waals surface area contributed by atoms with Crippen LogP contribution in [0.1, 0.15) is 60.4 Å². The van der Waals surface area contributed by atoms with E-state index in [0.717, 1.165) is 12.8 Å². The zero-order valence-corrected chi connectivity index (χ0v) is 15.8. The molecule has 1 heterocycles. The third kappa shape index (κ3) is 5.61. The van der Waals surface area contributed by atoms with Crippen LogP contribution in [-0.2, 0) is 20.9 Å². The van der Waals surface area contributed by atoms with Crippen LogP contribution in [0.5, 0.6) is 0 Å². The van der Waals surface area contributed by atoms with Crippen LogP contribution in [-0.4, -0.2) is 43.4 Å². The number of nitrogens with one attached hydrogen (secondary N) is 1. The van der Waals surface area contributed by atoms with Gasteiger partial charge in [0.15, 0.2) is 0 Å². The van der Waals surface area contributed by atoms with Gasteiger partial charge in [-0.3, -0.25) is 9.59 Å². The van der Waals surface area contributed by atoms with Crippen molar-refractivity contribution in [3.63, 3.8) is 0 Å². The van der Waals surface area contributed by atoms with E-state index in [4.69, 9.17) is 4.42 Å². The molecule has 7 nitrogen and oxygen atoms in total. The van der Waals surface area contributed by atoms with Crippen molar-refractivity contribution in [2.75, 3.05) is 20.7 Å². The summed E-state index contributed by atoms with van der Waals surface area (Å²) in [6.45, 7) is 1.85. The summed E-state index contributed by atoms with van der Waals surface area (Å²) in [5.74, 6) is 0.637. The van der Waals surface area contributed by atoms with Gasteiger partial charge in [0.1, 0.15) is 17.1 Å². The quantitative estimate of drug-likeness (QED) is 0.751. The number of carbonyl (C=O) groups is 3. The molecule has 0 aromatic carbocycles. The van der Waals surface area contributed by atoms with Crippen LogP contribution in [0.2, 0.25) is 0 Å². The monoisotopic (exact) mass is 364 g/mol. The molecule has 1 aromatic heterocycles. The molecule has 1 aliphatic carbocycles. The number of esters is 1. The maximum absolute atomic E-state index is 12.2. The van der Waals surface area contributed by atoms with Gasteiger partial charge < -0.3 is 19.4 Å². The first kappa shape index (κ1) is 20.0. The van der Waals surface area contributed by atoms with Crippen molar-refractivity contribution in [1.29, 1.82) is 0 Å². The van der Waals surface area contributed by atoms with Crippen LogP contribution < -0.4 is 5.32 Å². The summed E-state index contributed by atoms with van der Waals surface area (Å²) in [6, 6.07) is 1.58. The first-order valence-corrected chi connectivity index (χ1v) is 9.09. The molecule has 1 N–H and O–H groups in total. The Hall–Kier alpha value is -2.31. The fourth-order valence-corrected chi connectivity index (χ4v) is 3.29. The number of rotatable bonds is 7. The number of hydrogen-bond donors (Lipinski definition) is 1. The van der Waals surface area contributed by atoms with Crippen LogP contribution in [0.3, 0.4) is 0 Å². The van der Waals surface area contributed by atoms with E-state index in [9.17, 15) is 14.4 Å². The zero-order chi connectivity index (χ0) is 19.1. The maximum Gasteiger partial charge on any atom is 0.341 e. The average Bonchev–Trinajstić information content (AvgIpc) is 3.00. The molecule has 2 rings (SSSR count). The molecule has 0 radical (unpaired) electrons. The zero-order valence-electron chi connectivity index (χ0n) is 15.8. The number of nitrogens with zero attached hydrogens (tertiary/aromatic N) is 1. The van der Waals surface area contributed by atoms with Gasteiger partial charge >= 0.3 is 5.97 Å². The molecule has 1 aromatic rings. The van der Waals surface area contributed by atoms with Crippen LogP contribution in [0.25, 0.3) is 0 Å². The molecule has 2 amide bonds. The third-order valence-corrected chi connectivity index (χ3v) is 4.83. The van der Waals surface area contributed by atoms with Crippen molar-refractivity contribution >= 4 is 17.8 Å². The van der Waals surface area contributed by atoms with Crippen LogP contribution in [0, 0.1) is 12.8 Å². The Morgan fingerprint density at radius 3 is 2.62 bits per heavy atom. The maximum atomic E-state index is 12.2. The third-order valence-electron chi connectivity index (χ3n) is 4.83. The molecule has 1 aliphatic rings. The van der Waals surface area contributed by atoms with Crippen LogP contribution >= 0.6 is 0 Å². The van der Waals surface area contributed by atoms with E-state index in [1.54, 1.807) is 20.0 Å². The minimum absolute atomic E-state index is 0.0361. The Bertz CT molecular complexity index is 646. The van der Waals surface area contributed by atoms with Gasteiger partial charge in [0.2, 0.25) is 11.8 Å². The highest BCUT2D eigenvalue weighted by atomic mass is 16.5. The lowest BCUT2D eigenvalue weighted by Crippen LogP contribution is -2.38. The minimum Gasteiger partial charge on any atom is -0.465 e. The van der Waals surface area contributed by atoms with E-state index >= 15 is 0 Å². The Kier molecular flexibility index (Phi) is 7.24. The lowest BCUT2D eigenvalue weighted by atomic mass is 9.87. The van der Waals surface area contributed by atoms with Gasteiger partial charge in [-0.1, -0.05) is 19.3 Å². The highest BCUT2D eigenvalue weighted by molar-refractivity contribution is 5.90. The summed E-state index contributed by atoms with van der Waals surface area (Å²) in [5.41, 5.74) is 0.351. The van der Waals surface area contributed by atoms with Gasteiger partial charge in [-0.25, -0.2) is 4.79 Å². The van der Waals surface area contributed by atoms with Crippen LogP contribution in [0.4, 0.5) is 0 Å². The Morgan fingerprint density at radius 2 is 1.96 bits per heavy atom. The van der Waals surface area contributed by atoms with Gasteiger partial charge in [0, 0.05) is 13.5 Å². The molecule has 0 spiro atoms. The Labute approximate surface area is 154 Å². The van der Waals surface area contributed by atoms with Crippen molar-refractivity contribution in [3.8, 4) is 0 Å². The van der Waals surface area contributed by atoms with Gasteiger partial charge in [-0.15, -0.1) is 0 Å². The number of ether oxygens (including phenoxy) is 1. The Balaban J connectivity index is 1.78. The highest BCUT2D eigenvalue weighted by Gasteiger charge is 2.20. The average molecular weight is 364 g/mol. The summed E-state index contributed by atoms with van der Waals surface area (Å²) < 4.78 is 10.2. The van der Waals surface area contributed by atoms with Crippen LogP contribution in [0.15, 0.2) is 10.5 Å². The SMILES string of the molecule is COC(=O)c1cc(CN(C)C(=O)CNC(=O)CC2CCCCC2)oc1C. The molecule has 144 valence electrons. The molecule has 7 heteroatoms. The van der Waals surface area contributed by atoms with E-state index in [2.05, 4.69) is 10.1 Å². The molecular weight excluding hydrogens is 336 g/mol. The van der Waals surface area contributed by atoms with Crippen molar-refractivity contribution < 1.29 is 23.5 Å². The minimum atomic E-state index is -0.471. The number of carbonyl (C=O) groups excluding carboxylic acids is 3. The van der Waals surface area contributed by atoms with Gasteiger partial charge in [0.05, 0.1) is 20.2 Å². The van der Waals surface area contributed by atoms with Crippen molar-refractivity contribution in [3.05, 3.63) is 23.2 Å². The second-order valence-corrected chi connectivity index (χ2v) is 6.91. The van der Waals surface area contributed by atoms with E-state index in [1.807, 2.05) is 0 Å². The standard InChI is InChI=1S/C19H28N2O5/c1-13-16(19(24)25-3)10-15(26-13)12-21(2)18(23)11-20-17(22)9-14-7-5-4-6-8-14/h10,14H,4-9,11-12H2,1-3H3,(H,20,22). The first-order chi connectivity index (χ1) is 12.4. The second-order valence-electron chi connectivity index (χ2n) is 6.91. The smallest absolute Gasteiger partial charge is 0.341 e. The van der Waals surface area contributed by atoms with E-state index < -0.39 is 5.97 Å². The predicted octanol–water partition coefficient (Wildman–Crippen LogP) is 2.42. The predicted molar refractivity (Wildman–Crippen MR) is 95.5 cm³/mol. The molecule has 0 unspecified atom stereocenters. The number of furan rings is 1. The molecule has 0 aliphatic heterocycles. The summed E-state index contributed by atoms with van der Waals surface area (Å²) in [6.07, 6.45) is 6.33. The number of hydrogen-bond acceptors (Lipinski definition) is 5. The number of aryl methyl sites for hydroxylation is 1. The first-order valence-electron chi connectivity index (χ1n) is 9.09. The molecule has 1 saturated carbocycles. The van der Waals surface area contributed by atoms with Crippen molar-refractivity contribution in [2.24, 2.45) is 5.92 Å².